The molecule has 4 rings (SSSR count). The summed E-state index contributed by atoms with van der Waals surface area (Å²) >= 11 is 0. The molecule has 2 aliphatic heterocycles. The largest absolute Gasteiger partial charge is 0.455 e. The van der Waals surface area contributed by atoms with Crippen LogP contribution in [0.4, 0.5) is 13.2 Å². The second-order valence-electron chi connectivity index (χ2n) is 8.31. The average molecular weight is 402 g/mol. The average Bonchev–Trinajstić information content (AvgIpc) is 3.32. The molecule has 0 radical (unpaired) electrons. The van der Waals surface area contributed by atoms with Gasteiger partial charge in [0.1, 0.15) is 0 Å². The van der Waals surface area contributed by atoms with Crippen LogP contribution in [0.3, 0.4) is 0 Å². The molecule has 10 heteroatoms. The molecule has 0 bridgehead atoms. The molecular weight excluding hydrogens is 377 g/mol. The monoisotopic (exact) mass is 402 g/mol. The van der Waals surface area contributed by atoms with Crippen LogP contribution < -0.4 is 0 Å². The van der Waals surface area contributed by atoms with Gasteiger partial charge in [0, 0.05) is 38.0 Å². The minimum Gasteiger partial charge on any atom is -0.389 e. The zero-order valence-corrected chi connectivity index (χ0v) is 15.6. The highest BCUT2D eigenvalue weighted by molar-refractivity contribution is 5.79. The fraction of sp³-hybridized carbons (Fsp3) is 0.833. The molecule has 1 N–H and O–H groups in total. The summed E-state index contributed by atoms with van der Waals surface area (Å²) in [4.78, 5) is 19.9. The molecule has 1 saturated carbocycles. The first-order valence-corrected chi connectivity index (χ1v) is 9.88. The van der Waals surface area contributed by atoms with E-state index >= 15 is 0 Å². The van der Waals surface area contributed by atoms with Crippen molar-refractivity contribution in [3.63, 3.8) is 0 Å². The van der Waals surface area contributed by atoms with Crippen molar-refractivity contribution in [1.29, 1.82) is 0 Å². The van der Waals surface area contributed by atoms with E-state index in [0.29, 0.717) is 39.0 Å². The van der Waals surface area contributed by atoms with Crippen molar-refractivity contribution < 1.29 is 27.6 Å². The fourth-order valence-corrected chi connectivity index (χ4v) is 4.77. The number of carbonyl (C=O) groups is 1. The van der Waals surface area contributed by atoms with E-state index in [4.69, 9.17) is 4.52 Å². The second-order valence-corrected chi connectivity index (χ2v) is 8.31. The second kappa shape index (κ2) is 7.29. The topological polar surface area (TPSA) is 82.7 Å². The maximum atomic E-state index is 12.7. The maximum absolute atomic E-state index is 12.7. The van der Waals surface area contributed by atoms with Gasteiger partial charge >= 0.3 is 6.18 Å². The van der Waals surface area contributed by atoms with Crippen LogP contribution in [0.2, 0.25) is 0 Å². The van der Waals surface area contributed by atoms with Gasteiger partial charge in [-0.2, -0.15) is 18.2 Å². The predicted octanol–water partition coefficient (Wildman–Crippen LogP) is 2.06. The highest BCUT2D eigenvalue weighted by Crippen LogP contribution is 2.37. The van der Waals surface area contributed by atoms with E-state index in [1.165, 1.54) is 0 Å². The summed E-state index contributed by atoms with van der Waals surface area (Å²) in [5.74, 6) is -1.21. The van der Waals surface area contributed by atoms with Gasteiger partial charge in [-0.3, -0.25) is 9.69 Å². The first-order chi connectivity index (χ1) is 13.2. The Bertz CT molecular complexity index is 719. The Morgan fingerprint density at radius 3 is 2.61 bits per heavy atom. The lowest BCUT2D eigenvalue weighted by Crippen LogP contribution is -2.60. The van der Waals surface area contributed by atoms with E-state index in [2.05, 4.69) is 10.1 Å². The zero-order chi connectivity index (χ0) is 19.9. The smallest absolute Gasteiger partial charge is 0.389 e. The number of amides is 1. The van der Waals surface area contributed by atoms with E-state index in [9.17, 15) is 23.1 Å². The quantitative estimate of drug-likeness (QED) is 0.834. The van der Waals surface area contributed by atoms with Gasteiger partial charge in [-0.25, -0.2) is 0 Å². The number of aliphatic hydroxyl groups is 1. The Balaban J connectivity index is 1.39. The van der Waals surface area contributed by atoms with E-state index < -0.39 is 17.6 Å². The van der Waals surface area contributed by atoms with Crippen LogP contribution in [0.5, 0.6) is 0 Å². The highest BCUT2D eigenvalue weighted by Gasteiger charge is 2.47. The van der Waals surface area contributed by atoms with Crippen molar-refractivity contribution in [2.45, 2.75) is 56.8 Å². The van der Waals surface area contributed by atoms with Crippen LogP contribution in [0.25, 0.3) is 0 Å². The van der Waals surface area contributed by atoms with Crippen LogP contribution in [-0.2, 0) is 17.5 Å². The molecule has 2 saturated heterocycles. The van der Waals surface area contributed by atoms with Gasteiger partial charge in [-0.1, -0.05) is 18.0 Å². The molecule has 3 heterocycles. The molecule has 1 aromatic rings. The van der Waals surface area contributed by atoms with E-state index in [1.807, 2.05) is 9.80 Å². The number of fused-ring (bicyclic) bond motifs is 1. The van der Waals surface area contributed by atoms with Gasteiger partial charge in [0.25, 0.3) is 5.82 Å². The summed E-state index contributed by atoms with van der Waals surface area (Å²) < 4.78 is 42.6. The van der Waals surface area contributed by atoms with Crippen molar-refractivity contribution in [2.75, 3.05) is 26.2 Å². The van der Waals surface area contributed by atoms with Crippen LogP contribution in [0.1, 0.15) is 50.2 Å². The van der Waals surface area contributed by atoms with E-state index in [-0.39, 0.29) is 30.2 Å². The molecule has 0 spiro atoms. The normalized spacial score (nSPS) is 29.9. The Morgan fingerprint density at radius 2 is 1.93 bits per heavy atom. The highest BCUT2D eigenvalue weighted by atomic mass is 19.4. The third-order valence-corrected chi connectivity index (χ3v) is 6.45. The molecule has 3 aliphatic rings. The number of hydrogen-bond acceptors (Lipinski definition) is 6. The molecule has 0 aromatic carbocycles. The van der Waals surface area contributed by atoms with Crippen molar-refractivity contribution in [3.05, 3.63) is 11.7 Å². The first kappa shape index (κ1) is 19.6. The van der Waals surface area contributed by atoms with Gasteiger partial charge in [0.2, 0.25) is 11.8 Å². The Labute approximate surface area is 160 Å². The number of aromatic nitrogens is 2. The van der Waals surface area contributed by atoms with Gasteiger partial charge < -0.3 is 14.5 Å². The zero-order valence-electron chi connectivity index (χ0n) is 15.6. The molecule has 1 aliphatic carbocycles. The lowest BCUT2D eigenvalue weighted by molar-refractivity contribution is -0.151. The molecule has 1 amide bonds. The molecule has 7 nitrogen and oxygen atoms in total. The summed E-state index contributed by atoms with van der Waals surface area (Å²) in [7, 11) is 0. The predicted molar refractivity (Wildman–Crippen MR) is 90.8 cm³/mol. The lowest BCUT2D eigenvalue weighted by atomic mass is 9.75. The summed E-state index contributed by atoms with van der Waals surface area (Å²) in [5, 5.41) is 14.0. The van der Waals surface area contributed by atoms with Gasteiger partial charge in [0.05, 0.1) is 12.1 Å². The van der Waals surface area contributed by atoms with E-state index in [1.54, 1.807) is 0 Å². The Morgan fingerprint density at radius 1 is 1.21 bits per heavy atom. The number of rotatable bonds is 3. The molecule has 3 fully saturated rings. The van der Waals surface area contributed by atoms with Crippen LogP contribution in [0, 0.1) is 11.8 Å². The van der Waals surface area contributed by atoms with E-state index in [0.717, 1.165) is 25.7 Å². The lowest BCUT2D eigenvalue weighted by Gasteiger charge is -2.50. The minimum atomic E-state index is -4.63. The van der Waals surface area contributed by atoms with Crippen molar-refractivity contribution in [2.24, 2.45) is 11.8 Å². The molecule has 156 valence electrons. The number of nitrogens with zero attached hydrogens (tertiary/aromatic N) is 4. The van der Waals surface area contributed by atoms with Crippen molar-refractivity contribution in [1.82, 2.24) is 19.9 Å². The van der Waals surface area contributed by atoms with Gasteiger partial charge in [-0.15, -0.1) is 0 Å². The Kier molecular flexibility index (Phi) is 5.11. The third-order valence-electron chi connectivity index (χ3n) is 6.45. The number of hydrogen-bond donors (Lipinski definition) is 1. The Hall–Kier alpha value is -1.68. The van der Waals surface area contributed by atoms with Crippen molar-refractivity contribution in [3.8, 4) is 0 Å². The molecule has 2 unspecified atom stereocenters. The number of piperidine rings is 2. The maximum Gasteiger partial charge on any atom is 0.455 e. The molecule has 2 atom stereocenters. The number of carbonyl (C=O) groups excluding carboxylic acids is 1. The number of halogens is 3. The summed E-state index contributed by atoms with van der Waals surface area (Å²) in [6, 6.07) is 0. The number of alkyl halides is 3. The first-order valence-electron chi connectivity index (χ1n) is 9.88. The van der Waals surface area contributed by atoms with Gasteiger partial charge in [-0.05, 0) is 25.7 Å². The van der Waals surface area contributed by atoms with Crippen LogP contribution in [0.15, 0.2) is 4.52 Å². The summed E-state index contributed by atoms with van der Waals surface area (Å²) in [6.07, 6.45) is 0.496. The SMILES string of the molecule is O=C(C1CCCC1)N1CCC2(O)CCN(Cc3nc(C(F)(F)F)no3)CC2C1. The number of likely N-dealkylation sites (tertiary alicyclic amines) is 2. The fourth-order valence-electron chi connectivity index (χ4n) is 4.77. The molecule has 28 heavy (non-hydrogen) atoms. The summed E-state index contributed by atoms with van der Waals surface area (Å²) in [6.45, 7) is 2.18. The third kappa shape index (κ3) is 3.89. The van der Waals surface area contributed by atoms with Crippen LogP contribution >= 0.6 is 0 Å². The summed E-state index contributed by atoms with van der Waals surface area (Å²) in [5.41, 5.74) is -0.824. The van der Waals surface area contributed by atoms with Crippen LogP contribution in [-0.4, -0.2) is 62.7 Å². The standard InChI is InChI=1S/C18H25F3N4O3/c19-18(20,21)16-22-14(28-23-16)11-24-7-5-17(27)6-8-25(10-13(17)9-24)15(26)12-3-1-2-4-12/h12-13,27H,1-11H2. The molecule has 1 aromatic heterocycles. The molecular formula is C18H25F3N4O3. The van der Waals surface area contributed by atoms with Gasteiger partial charge in [0.15, 0.2) is 0 Å². The minimum absolute atomic E-state index is 0.0903. The van der Waals surface area contributed by atoms with Crippen molar-refractivity contribution >= 4 is 5.91 Å².